The van der Waals surface area contributed by atoms with Crippen LogP contribution in [0.2, 0.25) is 0 Å². The zero-order chi connectivity index (χ0) is 21.4. The Morgan fingerprint density at radius 1 is 0.800 bits per heavy atom. The minimum atomic E-state index is -4.13. The molecule has 0 radical (unpaired) electrons. The van der Waals surface area contributed by atoms with Gasteiger partial charge in [-0.05, 0) is 55.7 Å². The van der Waals surface area contributed by atoms with E-state index in [9.17, 15) is 13.0 Å². The second kappa shape index (κ2) is 18.5. The smallest absolute Gasteiger partial charge is 0.748 e. The zero-order valence-electron chi connectivity index (χ0n) is 19.6. The molecule has 1 rings (SSSR count). The molecule has 1 aromatic rings. The summed E-state index contributed by atoms with van der Waals surface area (Å²) < 4.78 is 38.2. The van der Waals surface area contributed by atoms with Crippen LogP contribution >= 0.6 is 0 Å². The molecule has 168 valence electrons. The fourth-order valence-electron chi connectivity index (χ4n) is 3.51. The molecule has 0 aliphatic heterocycles. The van der Waals surface area contributed by atoms with Gasteiger partial charge in [-0.1, -0.05) is 77.3 Å². The molecule has 0 bridgehead atoms. The summed E-state index contributed by atoms with van der Waals surface area (Å²) in [5, 5.41) is 0. The third kappa shape index (κ3) is 15.7. The molecule has 0 heterocycles. The molecule has 0 aromatic heterocycles. The Hall–Kier alpha value is -0.0700. The van der Waals surface area contributed by atoms with Gasteiger partial charge >= 0.3 is 29.6 Å². The van der Waals surface area contributed by atoms with E-state index in [2.05, 4.69) is 32.0 Å². The van der Waals surface area contributed by atoms with Crippen LogP contribution in [0.4, 0.5) is 0 Å². The molecule has 0 atom stereocenters. The van der Waals surface area contributed by atoms with Gasteiger partial charge in [-0.2, -0.15) is 0 Å². The van der Waals surface area contributed by atoms with Crippen LogP contribution < -0.4 is 34.3 Å². The number of aryl methyl sites for hydroxylation is 2. The maximum absolute atomic E-state index is 10.7. The van der Waals surface area contributed by atoms with E-state index in [1.54, 1.807) is 0 Å². The molecule has 0 aliphatic carbocycles. The molecule has 0 amide bonds. The number of ether oxygens (including phenoxy) is 1. The van der Waals surface area contributed by atoms with Crippen LogP contribution in [0, 0.1) is 0 Å². The Morgan fingerprint density at radius 3 is 2.00 bits per heavy atom. The fourth-order valence-corrected chi connectivity index (χ4v) is 4.07. The summed E-state index contributed by atoms with van der Waals surface area (Å²) in [4.78, 5) is 0. The summed E-state index contributed by atoms with van der Waals surface area (Å²) in [6, 6.07) is 6.61. The number of hydrogen-bond acceptors (Lipinski definition) is 4. The van der Waals surface area contributed by atoms with Gasteiger partial charge in [0.25, 0.3) is 0 Å². The van der Waals surface area contributed by atoms with Crippen LogP contribution in [0.3, 0.4) is 0 Å². The first-order valence-electron chi connectivity index (χ1n) is 11.6. The van der Waals surface area contributed by atoms with Gasteiger partial charge in [-0.3, -0.25) is 0 Å². The van der Waals surface area contributed by atoms with Gasteiger partial charge in [-0.25, -0.2) is 8.42 Å². The minimum Gasteiger partial charge on any atom is -0.748 e. The molecule has 0 saturated heterocycles. The minimum absolute atomic E-state index is 0. The van der Waals surface area contributed by atoms with Gasteiger partial charge in [0, 0.05) is 5.75 Å². The second-order valence-corrected chi connectivity index (χ2v) is 9.61. The Morgan fingerprint density at radius 2 is 1.40 bits per heavy atom. The standard InChI is InChI=1S/C24H42O4S.Na/c1-3-5-7-9-11-15-22-17-18-23(16-12-10-8-6-4-2)24(21-22)28-19-13-14-20-29(25,26)27;/h17-18,21H,3-16,19-20H2,1-2H3,(H,25,26,27);/q;+1/p-1. The van der Waals surface area contributed by atoms with Gasteiger partial charge in [-0.15, -0.1) is 0 Å². The van der Waals surface area contributed by atoms with Crippen LogP contribution in [0.1, 0.15) is 102 Å². The van der Waals surface area contributed by atoms with E-state index in [4.69, 9.17) is 4.74 Å². The van der Waals surface area contributed by atoms with Crippen LogP contribution in [0.5, 0.6) is 5.75 Å². The summed E-state index contributed by atoms with van der Waals surface area (Å²) in [6.45, 7) is 4.92. The van der Waals surface area contributed by atoms with E-state index in [1.807, 2.05) is 0 Å². The summed E-state index contributed by atoms with van der Waals surface area (Å²) in [7, 11) is -4.13. The second-order valence-electron chi connectivity index (χ2n) is 8.09. The maximum Gasteiger partial charge on any atom is 1.00 e. The van der Waals surface area contributed by atoms with Crippen molar-refractivity contribution in [3.63, 3.8) is 0 Å². The molecular weight excluding hydrogens is 407 g/mol. The quantitative estimate of drug-likeness (QED) is 0.196. The summed E-state index contributed by atoms with van der Waals surface area (Å²) in [6.07, 6.45) is 15.6. The van der Waals surface area contributed by atoms with Gasteiger partial charge in [0.15, 0.2) is 0 Å². The molecule has 0 fully saturated rings. The van der Waals surface area contributed by atoms with Crippen molar-refractivity contribution in [2.45, 2.75) is 104 Å². The van der Waals surface area contributed by atoms with E-state index in [-0.39, 0.29) is 35.3 Å². The first-order chi connectivity index (χ1) is 14.0. The third-order valence-corrected chi connectivity index (χ3v) is 6.09. The average Bonchev–Trinajstić information content (AvgIpc) is 2.67. The van der Waals surface area contributed by atoms with Crippen molar-refractivity contribution in [1.29, 1.82) is 0 Å². The van der Waals surface area contributed by atoms with E-state index < -0.39 is 10.1 Å². The van der Waals surface area contributed by atoms with E-state index in [1.165, 1.54) is 75.3 Å². The van der Waals surface area contributed by atoms with E-state index in [0.29, 0.717) is 19.4 Å². The number of hydrogen-bond donors (Lipinski definition) is 0. The zero-order valence-corrected chi connectivity index (χ0v) is 22.4. The molecule has 1 aromatic carbocycles. The summed E-state index contributed by atoms with van der Waals surface area (Å²) >= 11 is 0. The normalized spacial score (nSPS) is 11.3. The van der Waals surface area contributed by atoms with Crippen LogP contribution in [-0.2, 0) is 23.0 Å². The monoisotopic (exact) mass is 448 g/mol. The van der Waals surface area contributed by atoms with Crippen LogP contribution in [0.25, 0.3) is 0 Å². The Labute approximate surface area is 207 Å². The summed E-state index contributed by atoms with van der Waals surface area (Å²) in [5.74, 6) is 0.634. The molecule has 4 nitrogen and oxygen atoms in total. The van der Waals surface area contributed by atoms with Crippen molar-refractivity contribution in [2.24, 2.45) is 0 Å². The van der Waals surface area contributed by atoms with Crippen LogP contribution in [-0.4, -0.2) is 25.3 Å². The van der Waals surface area contributed by atoms with Crippen molar-refractivity contribution in [1.82, 2.24) is 0 Å². The van der Waals surface area contributed by atoms with Crippen molar-refractivity contribution in [3.05, 3.63) is 29.3 Å². The SMILES string of the molecule is CCCCCCCc1ccc(CCCCCCC)c(OCCCCS(=O)(=O)[O-])c1.[Na+]. The predicted molar refractivity (Wildman–Crippen MR) is 121 cm³/mol. The van der Waals surface area contributed by atoms with Gasteiger partial charge in [0.05, 0.1) is 16.7 Å². The van der Waals surface area contributed by atoms with Gasteiger partial charge in [0.2, 0.25) is 0 Å². The molecule has 0 aliphatic rings. The first kappa shape index (κ1) is 29.9. The molecule has 0 spiro atoms. The van der Waals surface area contributed by atoms with Gasteiger partial charge < -0.3 is 9.29 Å². The Balaban J connectivity index is 0.00000841. The van der Waals surface area contributed by atoms with Crippen molar-refractivity contribution in [2.75, 3.05) is 12.4 Å². The number of rotatable bonds is 18. The summed E-state index contributed by atoms with van der Waals surface area (Å²) in [5.41, 5.74) is 2.56. The first-order valence-corrected chi connectivity index (χ1v) is 13.2. The van der Waals surface area contributed by atoms with E-state index in [0.717, 1.165) is 18.6 Å². The number of benzene rings is 1. The Kier molecular flexibility index (Phi) is 18.5. The Bertz CT molecular complexity index is 647. The third-order valence-electron chi connectivity index (χ3n) is 5.30. The van der Waals surface area contributed by atoms with Crippen molar-refractivity contribution < 1.29 is 47.3 Å². The van der Waals surface area contributed by atoms with Gasteiger partial charge in [0.1, 0.15) is 5.75 Å². The average molecular weight is 449 g/mol. The topological polar surface area (TPSA) is 66.4 Å². The predicted octanol–water partition coefficient (Wildman–Crippen LogP) is 3.42. The molecular formula is C24H41NaO4S. The largest absolute Gasteiger partial charge is 1.00 e. The molecule has 0 unspecified atom stereocenters. The van der Waals surface area contributed by atoms with Crippen LogP contribution in [0.15, 0.2) is 18.2 Å². The molecule has 0 N–H and O–H groups in total. The van der Waals surface area contributed by atoms with Crippen molar-refractivity contribution >= 4 is 10.1 Å². The maximum atomic E-state index is 10.7. The molecule has 30 heavy (non-hydrogen) atoms. The number of unbranched alkanes of at least 4 members (excludes halogenated alkanes) is 9. The van der Waals surface area contributed by atoms with E-state index >= 15 is 0 Å². The molecule has 0 saturated carbocycles. The van der Waals surface area contributed by atoms with Crippen molar-refractivity contribution in [3.8, 4) is 5.75 Å². The molecule has 6 heteroatoms. The fraction of sp³-hybridized carbons (Fsp3) is 0.750.